The topological polar surface area (TPSA) is 212 Å². The number of benzene rings is 6. The summed E-state index contributed by atoms with van der Waals surface area (Å²) in [5.74, 6) is -5.12. The van der Waals surface area contributed by atoms with Gasteiger partial charge in [-0.25, -0.2) is 4.79 Å². The van der Waals surface area contributed by atoms with Crippen molar-refractivity contribution in [1.29, 1.82) is 0 Å². The van der Waals surface area contributed by atoms with Gasteiger partial charge in [-0.3, -0.25) is 28.8 Å². The molecule has 358 valence electrons. The standard InChI is InChI=1S/C56H56N6O8/c63-50-31-32-57-51(64)44-28-23-41(24-29-44)35-48(55(68)62-49(56(69)70)36-39-17-9-3-10-18-39)61-53(66)46(33-38-15-7-2-8-16-38)60-54(67)47(34-40-21-26-43(27-22-40)42-19-11-4-12-20-42)59-52(65)45(58-50)30-25-37-13-5-1-6-14-37/h1-24,26-29,45-49H,25,30-36H2,(H,57,64)(H,58,63)(H,59,65)(H,60,67)(H,61,66)(H,62,68)(H,69,70)/t45-,46-,47+,48?,49-/m1/s1. The molecular weight excluding hydrogens is 885 g/mol. The van der Waals surface area contributed by atoms with Crippen molar-refractivity contribution >= 4 is 41.4 Å². The molecule has 0 radical (unpaired) electrons. The first-order valence-electron chi connectivity index (χ1n) is 23.3. The zero-order valence-electron chi connectivity index (χ0n) is 38.5. The van der Waals surface area contributed by atoms with Gasteiger partial charge in [0.1, 0.15) is 30.2 Å². The Kier molecular flexibility index (Phi) is 17.4. The lowest BCUT2D eigenvalue weighted by Gasteiger charge is -2.27. The van der Waals surface area contributed by atoms with Crippen molar-refractivity contribution in [2.24, 2.45) is 0 Å². The second-order valence-electron chi connectivity index (χ2n) is 17.3. The number of hydrogen-bond donors (Lipinski definition) is 7. The lowest BCUT2D eigenvalue weighted by molar-refractivity contribution is -0.142. The highest BCUT2D eigenvalue weighted by atomic mass is 16.4. The van der Waals surface area contributed by atoms with E-state index in [-0.39, 0.29) is 50.6 Å². The van der Waals surface area contributed by atoms with E-state index >= 15 is 0 Å². The van der Waals surface area contributed by atoms with Crippen molar-refractivity contribution in [2.45, 2.75) is 75.2 Å². The average molecular weight is 941 g/mol. The Morgan fingerprint density at radius 1 is 0.529 bits per heavy atom. The van der Waals surface area contributed by atoms with Crippen LogP contribution in [0.2, 0.25) is 0 Å². The highest BCUT2D eigenvalue weighted by molar-refractivity contribution is 5.97. The van der Waals surface area contributed by atoms with E-state index in [1.807, 2.05) is 91.0 Å². The lowest BCUT2D eigenvalue weighted by Crippen LogP contribution is -2.60. The molecule has 0 fully saturated rings. The number of hydrogen-bond acceptors (Lipinski definition) is 7. The number of carbonyl (C=O) groups excluding carboxylic acids is 6. The highest BCUT2D eigenvalue weighted by Crippen LogP contribution is 2.20. The van der Waals surface area contributed by atoms with Gasteiger partial charge in [-0.1, -0.05) is 158 Å². The summed E-state index contributed by atoms with van der Waals surface area (Å²) < 4.78 is 0. The quantitative estimate of drug-likeness (QED) is 0.0791. The summed E-state index contributed by atoms with van der Waals surface area (Å²) in [5.41, 5.74) is 5.69. The molecule has 0 saturated carbocycles. The summed E-state index contributed by atoms with van der Waals surface area (Å²) in [6.45, 7) is -0.0474. The van der Waals surface area contributed by atoms with Crippen molar-refractivity contribution in [1.82, 2.24) is 31.9 Å². The van der Waals surface area contributed by atoms with E-state index in [1.165, 1.54) is 12.1 Å². The predicted octanol–water partition coefficient (Wildman–Crippen LogP) is 4.90. The first-order valence-corrected chi connectivity index (χ1v) is 23.3. The number of carboxylic acid groups (broad SMARTS) is 1. The van der Waals surface area contributed by atoms with Gasteiger partial charge in [-0.05, 0) is 63.9 Å². The molecule has 2 bridgehead atoms. The van der Waals surface area contributed by atoms with E-state index < -0.39 is 71.6 Å². The molecule has 2 aliphatic heterocycles. The Hall–Kier alpha value is -8.39. The fraction of sp³-hybridized carbons (Fsp3) is 0.232. The fourth-order valence-corrected chi connectivity index (χ4v) is 8.23. The van der Waals surface area contributed by atoms with Crippen LogP contribution in [0.5, 0.6) is 0 Å². The van der Waals surface area contributed by atoms with Gasteiger partial charge in [0, 0.05) is 44.2 Å². The molecule has 6 aromatic carbocycles. The molecule has 7 N–H and O–H groups in total. The van der Waals surface area contributed by atoms with Crippen LogP contribution in [0.15, 0.2) is 170 Å². The summed E-state index contributed by atoms with van der Waals surface area (Å²) in [6, 6.07) is 44.4. The molecule has 14 nitrogen and oxygen atoms in total. The normalized spacial score (nSPS) is 18.7. The van der Waals surface area contributed by atoms with Gasteiger partial charge in [0.15, 0.2) is 0 Å². The van der Waals surface area contributed by atoms with Crippen LogP contribution in [0, 0.1) is 0 Å². The second kappa shape index (κ2) is 24.6. The number of rotatable bonds is 13. The fourth-order valence-electron chi connectivity index (χ4n) is 8.23. The monoisotopic (exact) mass is 940 g/mol. The van der Waals surface area contributed by atoms with E-state index in [2.05, 4.69) is 31.9 Å². The molecule has 8 rings (SSSR count). The maximum Gasteiger partial charge on any atom is 0.326 e. The van der Waals surface area contributed by atoms with Crippen LogP contribution in [0.4, 0.5) is 0 Å². The van der Waals surface area contributed by atoms with Crippen LogP contribution in [0.3, 0.4) is 0 Å². The maximum absolute atomic E-state index is 14.8. The molecule has 14 heteroatoms. The van der Waals surface area contributed by atoms with Crippen LogP contribution >= 0.6 is 0 Å². The Morgan fingerprint density at radius 2 is 1.01 bits per heavy atom. The Morgan fingerprint density at radius 3 is 1.60 bits per heavy atom. The van der Waals surface area contributed by atoms with Crippen molar-refractivity contribution in [3.63, 3.8) is 0 Å². The Labute approximate surface area is 406 Å². The van der Waals surface area contributed by atoms with Gasteiger partial charge in [-0.15, -0.1) is 0 Å². The predicted molar refractivity (Wildman–Crippen MR) is 265 cm³/mol. The molecule has 70 heavy (non-hydrogen) atoms. The van der Waals surface area contributed by atoms with Crippen molar-refractivity contribution < 1.29 is 38.7 Å². The third kappa shape index (κ3) is 14.6. The average Bonchev–Trinajstić information content (AvgIpc) is 3.38. The SMILES string of the molecule is O=C1CCNC(=O)c2ccc(cc2)CC(C(=O)N[C@H](Cc2ccccc2)C(=O)O)NC(=O)[C@@H](Cc2ccccc2)NC(=O)[C@H](Cc2ccc(-c3ccccc3)cc2)NC(=O)[C@@H](CCc2ccccc2)N1. The van der Waals surface area contributed by atoms with Crippen molar-refractivity contribution in [3.05, 3.63) is 203 Å². The number of carboxylic acids is 1. The largest absolute Gasteiger partial charge is 0.480 e. The molecule has 2 heterocycles. The summed E-state index contributed by atoms with van der Waals surface area (Å²) in [4.78, 5) is 97.5. The first kappa shape index (κ1) is 49.5. The third-order valence-electron chi connectivity index (χ3n) is 12.1. The van der Waals surface area contributed by atoms with Gasteiger partial charge >= 0.3 is 5.97 Å². The summed E-state index contributed by atoms with van der Waals surface area (Å²) >= 11 is 0. The van der Waals surface area contributed by atoms with E-state index in [9.17, 15) is 38.7 Å². The zero-order valence-corrected chi connectivity index (χ0v) is 38.5. The number of aryl methyl sites for hydroxylation is 1. The minimum atomic E-state index is -1.35. The number of nitrogens with one attached hydrogen (secondary N) is 6. The molecular formula is C56H56N6O8. The number of carbonyl (C=O) groups is 7. The molecule has 0 aliphatic carbocycles. The molecule has 2 aliphatic rings. The third-order valence-corrected chi connectivity index (χ3v) is 12.1. The van der Waals surface area contributed by atoms with E-state index in [0.717, 1.165) is 16.7 Å². The van der Waals surface area contributed by atoms with Crippen LogP contribution < -0.4 is 31.9 Å². The minimum absolute atomic E-state index is 0.00343. The number of amides is 6. The summed E-state index contributed by atoms with van der Waals surface area (Å²) in [5, 5.41) is 27.0. The zero-order chi connectivity index (χ0) is 49.2. The summed E-state index contributed by atoms with van der Waals surface area (Å²) in [7, 11) is 0. The molecule has 0 aromatic heterocycles. The Bertz CT molecular complexity index is 2720. The molecule has 6 amide bonds. The van der Waals surface area contributed by atoms with Gasteiger partial charge in [0.25, 0.3) is 5.91 Å². The van der Waals surface area contributed by atoms with Crippen LogP contribution in [-0.2, 0) is 60.9 Å². The van der Waals surface area contributed by atoms with Crippen molar-refractivity contribution in [3.8, 4) is 11.1 Å². The van der Waals surface area contributed by atoms with Crippen LogP contribution in [-0.4, -0.2) is 83.3 Å². The maximum atomic E-state index is 14.8. The smallest absolute Gasteiger partial charge is 0.326 e. The van der Waals surface area contributed by atoms with Gasteiger partial charge in [-0.2, -0.15) is 0 Å². The number of fused-ring (bicyclic) bond motifs is 18. The van der Waals surface area contributed by atoms with E-state index in [0.29, 0.717) is 28.7 Å². The molecule has 6 aromatic rings. The summed E-state index contributed by atoms with van der Waals surface area (Å²) in [6.07, 6.45) is 0.264. The lowest BCUT2D eigenvalue weighted by atomic mass is 9.98. The first-order chi connectivity index (χ1) is 34.0. The second-order valence-corrected chi connectivity index (χ2v) is 17.3. The number of aliphatic carboxylic acids is 1. The Balaban J connectivity index is 1.23. The van der Waals surface area contributed by atoms with Gasteiger partial charge in [0.2, 0.25) is 29.5 Å². The molecule has 5 atom stereocenters. The highest BCUT2D eigenvalue weighted by Gasteiger charge is 2.33. The van der Waals surface area contributed by atoms with Crippen LogP contribution in [0.25, 0.3) is 11.1 Å². The van der Waals surface area contributed by atoms with Gasteiger partial charge < -0.3 is 37.0 Å². The molecule has 0 spiro atoms. The van der Waals surface area contributed by atoms with Crippen LogP contribution in [0.1, 0.15) is 51.0 Å². The minimum Gasteiger partial charge on any atom is -0.480 e. The van der Waals surface area contributed by atoms with Gasteiger partial charge in [0.05, 0.1) is 0 Å². The molecule has 1 unspecified atom stereocenters. The van der Waals surface area contributed by atoms with Crippen molar-refractivity contribution in [2.75, 3.05) is 6.54 Å². The van der Waals surface area contributed by atoms with E-state index in [1.54, 1.807) is 66.7 Å². The molecule has 0 saturated heterocycles. The van der Waals surface area contributed by atoms with E-state index in [4.69, 9.17) is 0 Å².